The van der Waals surface area contributed by atoms with Crippen molar-refractivity contribution in [2.24, 2.45) is 0 Å². The van der Waals surface area contributed by atoms with Crippen LogP contribution in [0.2, 0.25) is 0 Å². The Labute approximate surface area is 87.6 Å². The summed E-state index contributed by atoms with van der Waals surface area (Å²) in [5.74, 6) is -0.450. The van der Waals surface area contributed by atoms with Crippen LogP contribution in [0.4, 0.5) is 11.5 Å². The van der Waals surface area contributed by atoms with Gasteiger partial charge in [-0.1, -0.05) is 0 Å². The summed E-state index contributed by atoms with van der Waals surface area (Å²) in [7, 11) is 0. The molecular formula is C7H6BrN3O3. The third-order valence-corrected chi connectivity index (χ3v) is 1.76. The first-order valence-electron chi connectivity index (χ1n) is 3.58. The van der Waals surface area contributed by atoms with Gasteiger partial charge in [0.1, 0.15) is 0 Å². The largest absolute Gasteiger partial charge is 0.312 e. The molecule has 0 bridgehead atoms. The zero-order valence-corrected chi connectivity index (χ0v) is 8.74. The molecule has 0 aliphatic heterocycles. The Morgan fingerprint density at radius 3 is 2.86 bits per heavy atom. The first kappa shape index (κ1) is 10.6. The van der Waals surface area contributed by atoms with Gasteiger partial charge in [0.2, 0.25) is 11.7 Å². The van der Waals surface area contributed by atoms with Crippen molar-refractivity contribution in [1.29, 1.82) is 0 Å². The number of rotatable bonds is 2. The van der Waals surface area contributed by atoms with E-state index in [2.05, 4.69) is 26.2 Å². The third kappa shape index (κ3) is 2.49. The van der Waals surface area contributed by atoms with Gasteiger partial charge >= 0.3 is 5.69 Å². The summed E-state index contributed by atoms with van der Waals surface area (Å²) in [4.78, 5) is 24.3. The van der Waals surface area contributed by atoms with Crippen LogP contribution in [0.15, 0.2) is 16.7 Å². The molecule has 1 rings (SSSR count). The average molecular weight is 260 g/mol. The van der Waals surface area contributed by atoms with Crippen molar-refractivity contribution < 1.29 is 9.72 Å². The van der Waals surface area contributed by atoms with Gasteiger partial charge in [0.05, 0.1) is 4.92 Å². The smallest absolute Gasteiger partial charge is 0.305 e. The molecule has 0 aromatic carbocycles. The minimum Gasteiger partial charge on any atom is -0.305 e. The first-order valence-corrected chi connectivity index (χ1v) is 4.37. The van der Waals surface area contributed by atoms with Crippen molar-refractivity contribution in [3.63, 3.8) is 0 Å². The van der Waals surface area contributed by atoms with Crippen molar-refractivity contribution in [1.82, 2.24) is 4.98 Å². The fraction of sp³-hybridized carbons (Fsp3) is 0.143. The van der Waals surface area contributed by atoms with Gasteiger partial charge in [-0.15, -0.1) is 0 Å². The summed E-state index contributed by atoms with van der Waals surface area (Å²) >= 11 is 3.05. The molecule has 1 heterocycles. The van der Waals surface area contributed by atoms with Gasteiger partial charge in [-0.05, 0) is 15.9 Å². The Bertz CT molecular complexity index is 394. The molecule has 0 aliphatic rings. The van der Waals surface area contributed by atoms with Gasteiger partial charge in [-0.2, -0.15) is 0 Å². The lowest BCUT2D eigenvalue weighted by molar-refractivity contribution is -0.384. The highest BCUT2D eigenvalue weighted by atomic mass is 79.9. The fourth-order valence-corrected chi connectivity index (χ4v) is 1.15. The van der Waals surface area contributed by atoms with E-state index in [1.807, 2.05) is 0 Å². The highest BCUT2D eigenvalue weighted by Crippen LogP contribution is 2.24. The van der Waals surface area contributed by atoms with Crippen LogP contribution in [0.25, 0.3) is 0 Å². The van der Waals surface area contributed by atoms with Crippen LogP contribution < -0.4 is 5.32 Å². The Morgan fingerprint density at radius 1 is 1.71 bits per heavy atom. The molecule has 1 aromatic heterocycles. The van der Waals surface area contributed by atoms with Crippen molar-refractivity contribution in [3.05, 3.63) is 26.9 Å². The number of carbonyl (C=O) groups excluding carboxylic acids is 1. The standard InChI is InChI=1S/C7H6BrN3O3/c1-4(12)10-7-6(11(13)14)2-5(8)3-9-7/h2-3H,1H3,(H,9,10,12). The number of hydrogen-bond acceptors (Lipinski definition) is 4. The highest BCUT2D eigenvalue weighted by molar-refractivity contribution is 9.10. The van der Waals surface area contributed by atoms with Crippen molar-refractivity contribution in [2.75, 3.05) is 5.32 Å². The van der Waals surface area contributed by atoms with Crippen molar-refractivity contribution >= 4 is 33.3 Å². The lowest BCUT2D eigenvalue weighted by Gasteiger charge is -2.01. The number of amides is 1. The van der Waals surface area contributed by atoms with E-state index < -0.39 is 10.8 Å². The molecule has 0 saturated heterocycles. The summed E-state index contributed by atoms with van der Waals surface area (Å²) < 4.78 is 0.485. The third-order valence-electron chi connectivity index (χ3n) is 1.33. The van der Waals surface area contributed by atoms with Crippen LogP contribution in [0.5, 0.6) is 0 Å². The maximum Gasteiger partial charge on any atom is 0.312 e. The van der Waals surface area contributed by atoms with E-state index in [-0.39, 0.29) is 11.5 Å². The molecule has 74 valence electrons. The highest BCUT2D eigenvalue weighted by Gasteiger charge is 2.16. The second-order valence-electron chi connectivity index (χ2n) is 2.46. The summed E-state index contributed by atoms with van der Waals surface area (Å²) in [6.45, 7) is 1.26. The van der Waals surface area contributed by atoms with E-state index in [0.29, 0.717) is 4.47 Å². The number of nitrogens with zero attached hydrogens (tertiary/aromatic N) is 2. The molecule has 0 fully saturated rings. The summed E-state index contributed by atoms with van der Waals surface area (Å²) in [6.07, 6.45) is 1.37. The zero-order valence-electron chi connectivity index (χ0n) is 7.15. The molecule has 14 heavy (non-hydrogen) atoms. The maximum atomic E-state index is 10.7. The van der Waals surface area contributed by atoms with Crippen molar-refractivity contribution in [3.8, 4) is 0 Å². The molecule has 6 nitrogen and oxygen atoms in total. The van der Waals surface area contributed by atoms with E-state index in [9.17, 15) is 14.9 Å². The van der Waals surface area contributed by atoms with Crippen LogP contribution >= 0.6 is 15.9 Å². The number of hydrogen-bond donors (Lipinski definition) is 1. The fourth-order valence-electron chi connectivity index (χ4n) is 0.831. The molecule has 1 aromatic rings. The van der Waals surface area contributed by atoms with Gasteiger partial charge in [-0.25, -0.2) is 4.98 Å². The van der Waals surface area contributed by atoms with Gasteiger partial charge in [0.15, 0.2) is 0 Å². The maximum absolute atomic E-state index is 10.7. The van der Waals surface area contributed by atoms with E-state index in [1.165, 1.54) is 19.2 Å². The molecule has 0 aliphatic carbocycles. The normalized spacial score (nSPS) is 9.57. The van der Waals surface area contributed by atoms with Gasteiger partial charge in [-0.3, -0.25) is 14.9 Å². The number of halogens is 1. The predicted octanol–water partition coefficient (Wildman–Crippen LogP) is 1.71. The summed E-state index contributed by atoms with van der Waals surface area (Å²) in [5, 5.41) is 12.8. The molecule has 0 unspecified atom stereocenters. The molecule has 1 amide bonds. The lowest BCUT2D eigenvalue weighted by Crippen LogP contribution is -2.09. The zero-order chi connectivity index (χ0) is 10.7. The quantitative estimate of drug-likeness (QED) is 0.647. The van der Waals surface area contributed by atoms with Crippen LogP contribution in [0, 0.1) is 10.1 Å². The Morgan fingerprint density at radius 2 is 2.36 bits per heavy atom. The van der Waals surface area contributed by atoms with E-state index in [0.717, 1.165) is 0 Å². The molecule has 0 radical (unpaired) electrons. The van der Waals surface area contributed by atoms with Gasteiger partial charge < -0.3 is 5.32 Å². The first-order chi connectivity index (χ1) is 6.50. The molecule has 0 saturated carbocycles. The second kappa shape index (κ2) is 4.14. The second-order valence-corrected chi connectivity index (χ2v) is 3.38. The van der Waals surface area contributed by atoms with Gasteiger partial charge in [0.25, 0.3) is 0 Å². The van der Waals surface area contributed by atoms with Gasteiger partial charge in [0, 0.05) is 23.7 Å². The number of anilines is 1. The monoisotopic (exact) mass is 259 g/mol. The topological polar surface area (TPSA) is 85.1 Å². The Kier molecular flexibility index (Phi) is 3.13. The molecule has 0 atom stereocenters. The lowest BCUT2D eigenvalue weighted by atomic mass is 10.4. The molecular weight excluding hydrogens is 254 g/mol. The van der Waals surface area contributed by atoms with Crippen LogP contribution in [-0.2, 0) is 4.79 Å². The SMILES string of the molecule is CC(=O)Nc1ncc(Br)cc1[N+](=O)[O-]. The van der Waals surface area contributed by atoms with Crippen LogP contribution in [-0.4, -0.2) is 15.8 Å². The number of carbonyl (C=O) groups is 1. The number of aromatic nitrogens is 1. The minimum atomic E-state index is -0.608. The molecule has 7 heteroatoms. The van der Waals surface area contributed by atoms with Crippen LogP contribution in [0.3, 0.4) is 0 Å². The average Bonchev–Trinajstić information content (AvgIpc) is 2.07. The van der Waals surface area contributed by atoms with E-state index in [4.69, 9.17) is 0 Å². The number of nitro groups is 1. The predicted molar refractivity (Wildman–Crippen MR) is 52.9 cm³/mol. The summed E-state index contributed by atoms with van der Waals surface area (Å²) in [6, 6.07) is 1.28. The van der Waals surface area contributed by atoms with E-state index in [1.54, 1.807) is 0 Å². The van der Waals surface area contributed by atoms with E-state index >= 15 is 0 Å². The summed E-state index contributed by atoms with van der Waals surface area (Å²) in [5.41, 5.74) is -0.241. The van der Waals surface area contributed by atoms with Crippen LogP contribution in [0.1, 0.15) is 6.92 Å². The number of nitrogens with one attached hydrogen (secondary N) is 1. The number of pyridine rings is 1. The molecule has 1 N–H and O–H groups in total. The van der Waals surface area contributed by atoms with Crippen molar-refractivity contribution in [2.45, 2.75) is 6.92 Å². The minimum absolute atomic E-state index is 0.0503. The Balaban J connectivity index is 3.14. The molecule has 0 spiro atoms. The Hall–Kier alpha value is -1.50.